The molecule has 22 heavy (non-hydrogen) atoms. The summed E-state index contributed by atoms with van der Waals surface area (Å²) < 4.78 is 0. The number of aromatic nitrogens is 2. The molecule has 0 unspecified atom stereocenters. The van der Waals surface area contributed by atoms with Gasteiger partial charge in [0.15, 0.2) is 11.5 Å². The average Bonchev–Trinajstić information content (AvgIpc) is 3.05. The number of benzene rings is 1. The van der Waals surface area contributed by atoms with Gasteiger partial charge in [0.1, 0.15) is 0 Å². The van der Waals surface area contributed by atoms with Crippen molar-refractivity contribution in [1.82, 2.24) is 15.1 Å². The Balaban J connectivity index is 1.75. The molecule has 1 aliphatic heterocycles. The predicted molar refractivity (Wildman–Crippen MR) is 86.9 cm³/mol. The molecule has 1 aromatic carbocycles. The normalized spacial score (nSPS) is 14.2. The zero-order valence-electron chi connectivity index (χ0n) is 11.7. The number of hydrogen-bond acceptors (Lipinski definition) is 4. The van der Waals surface area contributed by atoms with E-state index in [1.165, 1.54) is 0 Å². The molecule has 5 nitrogen and oxygen atoms in total. The van der Waals surface area contributed by atoms with Gasteiger partial charge in [0.25, 0.3) is 5.91 Å². The minimum atomic E-state index is -0.0766. The smallest absolute Gasteiger partial charge is 0.274 e. The van der Waals surface area contributed by atoms with Crippen molar-refractivity contribution in [2.45, 2.75) is 12.8 Å². The molecule has 0 spiro atoms. The summed E-state index contributed by atoms with van der Waals surface area (Å²) in [4.78, 5) is 14.0. The van der Waals surface area contributed by atoms with Gasteiger partial charge in [-0.05, 0) is 37.1 Å². The van der Waals surface area contributed by atoms with Crippen molar-refractivity contribution in [3.8, 4) is 0 Å². The van der Waals surface area contributed by atoms with E-state index in [1.54, 1.807) is 35.2 Å². The lowest BCUT2D eigenvalue weighted by atomic mass is 10.3. The van der Waals surface area contributed by atoms with Gasteiger partial charge in [0, 0.05) is 13.1 Å². The van der Waals surface area contributed by atoms with E-state index in [0.29, 0.717) is 27.2 Å². The first-order valence-corrected chi connectivity index (χ1v) is 7.75. The van der Waals surface area contributed by atoms with Gasteiger partial charge in [-0.3, -0.25) is 4.79 Å². The number of carbonyl (C=O) groups excluding carboxylic acids is 1. The zero-order valence-corrected chi connectivity index (χ0v) is 13.2. The lowest BCUT2D eigenvalue weighted by Gasteiger charge is -2.14. The van der Waals surface area contributed by atoms with Gasteiger partial charge < -0.3 is 10.2 Å². The van der Waals surface area contributed by atoms with Crippen LogP contribution in [0.2, 0.25) is 10.0 Å². The van der Waals surface area contributed by atoms with Gasteiger partial charge in [-0.25, -0.2) is 0 Å². The number of amides is 1. The van der Waals surface area contributed by atoms with Gasteiger partial charge in [-0.2, -0.15) is 0 Å². The molecule has 7 heteroatoms. The highest BCUT2D eigenvalue weighted by Gasteiger charge is 2.20. The highest BCUT2D eigenvalue weighted by Crippen LogP contribution is 2.31. The summed E-state index contributed by atoms with van der Waals surface area (Å²) in [6, 6.07) is 8.57. The first kappa shape index (κ1) is 15.1. The Labute approximate surface area is 138 Å². The maximum atomic E-state index is 12.2. The zero-order chi connectivity index (χ0) is 15.5. The summed E-state index contributed by atoms with van der Waals surface area (Å²) in [5.74, 6) is 0.403. The van der Waals surface area contributed by atoms with Crippen molar-refractivity contribution in [2.24, 2.45) is 0 Å². The molecule has 0 atom stereocenters. The van der Waals surface area contributed by atoms with Gasteiger partial charge in [-0.15, -0.1) is 10.2 Å². The molecule has 1 aromatic heterocycles. The molecule has 1 amide bonds. The van der Waals surface area contributed by atoms with Crippen molar-refractivity contribution in [2.75, 3.05) is 18.4 Å². The van der Waals surface area contributed by atoms with Crippen molar-refractivity contribution in [3.05, 3.63) is 46.1 Å². The third-order valence-electron chi connectivity index (χ3n) is 3.49. The maximum Gasteiger partial charge on any atom is 0.274 e. The molecule has 1 aliphatic rings. The SMILES string of the molecule is O=C(c1ccc(Nc2c(Cl)cccc2Cl)nn1)N1CCCC1. The lowest BCUT2D eigenvalue weighted by molar-refractivity contribution is 0.0786. The van der Waals surface area contributed by atoms with E-state index < -0.39 is 0 Å². The van der Waals surface area contributed by atoms with Crippen molar-refractivity contribution >= 4 is 40.6 Å². The number of carbonyl (C=O) groups is 1. The Morgan fingerprint density at radius 3 is 2.32 bits per heavy atom. The van der Waals surface area contributed by atoms with Crippen LogP contribution in [0.15, 0.2) is 30.3 Å². The number of hydrogen-bond donors (Lipinski definition) is 1. The third kappa shape index (κ3) is 3.15. The fraction of sp³-hybridized carbons (Fsp3) is 0.267. The third-order valence-corrected chi connectivity index (χ3v) is 4.12. The molecule has 1 saturated heterocycles. The van der Waals surface area contributed by atoms with Crippen molar-refractivity contribution < 1.29 is 4.79 Å². The molecular formula is C15H14Cl2N4O. The number of rotatable bonds is 3. The summed E-state index contributed by atoms with van der Waals surface area (Å²) in [5.41, 5.74) is 0.913. The van der Waals surface area contributed by atoms with Gasteiger partial charge in [0.2, 0.25) is 0 Å². The summed E-state index contributed by atoms with van der Waals surface area (Å²) in [5, 5.41) is 12.0. The summed E-state index contributed by atoms with van der Waals surface area (Å²) >= 11 is 12.2. The van der Waals surface area contributed by atoms with Gasteiger partial charge in [0.05, 0.1) is 15.7 Å². The fourth-order valence-electron chi connectivity index (χ4n) is 2.34. The molecule has 0 saturated carbocycles. The highest BCUT2D eigenvalue weighted by atomic mass is 35.5. The van der Waals surface area contributed by atoms with Crippen molar-refractivity contribution in [1.29, 1.82) is 0 Å². The summed E-state index contributed by atoms with van der Waals surface area (Å²) in [6.07, 6.45) is 2.09. The molecule has 0 bridgehead atoms. The second-order valence-electron chi connectivity index (χ2n) is 5.02. The minimum Gasteiger partial charge on any atom is -0.337 e. The Bertz CT molecular complexity index is 664. The quantitative estimate of drug-likeness (QED) is 0.926. The van der Waals surface area contributed by atoms with Gasteiger partial charge in [-0.1, -0.05) is 29.3 Å². The van der Waals surface area contributed by atoms with Gasteiger partial charge >= 0.3 is 0 Å². The second-order valence-corrected chi connectivity index (χ2v) is 5.84. The van der Waals surface area contributed by atoms with E-state index >= 15 is 0 Å². The molecule has 0 aliphatic carbocycles. The Kier molecular flexibility index (Phi) is 4.45. The number of nitrogens with one attached hydrogen (secondary N) is 1. The molecular weight excluding hydrogens is 323 g/mol. The maximum absolute atomic E-state index is 12.2. The Morgan fingerprint density at radius 1 is 1.05 bits per heavy atom. The average molecular weight is 337 g/mol. The van der Waals surface area contributed by atoms with Crippen LogP contribution in [-0.2, 0) is 0 Å². The number of halogens is 2. The first-order valence-electron chi connectivity index (χ1n) is 6.99. The number of nitrogens with zero attached hydrogens (tertiary/aromatic N) is 3. The topological polar surface area (TPSA) is 58.1 Å². The standard InChI is InChI=1S/C15H14Cl2N4O/c16-10-4-3-5-11(17)14(10)18-13-7-6-12(19-20-13)15(22)21-8-1-2-9-21/h3-7H,1-2,8-9H2,(H,18,20). The summed E-state index contributed by atoms with van der Waals surface area (Å²) in [6.45, 7) is 1.57. The van der Waals surface area contributed by atoms with Crippen LogP contribution < -0.4 is 5.32 Å². The predicted octanol–water partition coefficient (Wildman–Crippen LogP) is 3.76. The van der Waals surface area contributed by atoms with Crippen LogP contribution in [0.3, 0.4) is 0 Å². The van der Waals surface area contributed by atoms with Crippen LogP contribution in [-0.4, -0.2) is 34.1 Å². The van der Waals surface area contributed by atoms with Crippen LogP contribution in [0, 0.1) is 0 Å². The van der Waals surface area contributed by atoms with E-state index in [4.69, 9.17) is 23.2 Å². The van der Waals surface area contributed by atoms with E-state index in [1.807, 2.05) is 0 Å². The molecule has 3 rings (SSSR count). The van der Waals surface area contributed by atoms with Crippen LogP contribution in [0.1, 0.15) is 23.3 Å². The minimum absolute atomic E-state index is 0.0766. The molecule has 1 fully saturated rings. The van der Waals surface area contributed by atoms with E-state index in [2.05, 4.69) is 15.5 Å². The Morgan fingerprint density at radius 2 is 1.73 bits per heavy atom. The lowest BCUT2D eigenvalue weighted by Crippen LogP contribution is -2.28. The van der Waals surface area contributed by atoms with Crippen LogP contribution in [0.5, 0.6) is 0 Å². The summed E-state index contributed by atoms with van der Waals surface area (Å²) in [7, 11) is 0. The van der Waals surface area contributed by atoms with E-state index in [0.717, 1.165) is 25.9 Å². The first-order chi connectivity index (χ1) is 10.6. The monoisotopic (exact) mass is 336 g/mol. The molecule has 114 valence electrons. The molecule has 2 heterocycles. The molecule has 2 aromatic rings. The second kappa shape index (κ2) is 6.50. The highest BCUT2D eigenvalue weighted by molar-refractivity contribution is 6.39. The fourth-order valence-corrected chi connectivity index (χ4v) is 2.83. The van der Waals surface area contributed by atoms with Crippen LogP contribution in [0.4, 0.5) is 11.5 Å². The largest absolute Gasteiger partial charge is 0.337 e. The number of para-hydroxylation sites is 1. The number of anilines is 2. The Hall–Kier alpha value is -1.85. The van der Waals surface area contributed by atoms with Crippen LogP contribution >= 0.6 is 23.2 Å². The number of likely N-dealkylation sites (tertiary alicyclic amines) is 1. The van der Waals surface area contributed by atoms with Crippen molar-refractivity contribution in [3.63, 3.8) is 0 Å². The van der Waals surface area contributed by atoms with E-state index in [-0.39, 0.29) is 5.91 Å². The molecule has 0 radical (unpaired) electrons. The van der Waals surface area contributed by atoms with E-state index in [9.17, 15) is 4.79 Å². The molecule has 1 N–H and O–H groups in total. The van der Waals surface area contributed by atoms with Crippen LogP contribution in [0.25, 0.3) is 0 Å².